The van der Waals surface area contributed by atoms with Crippen molar-refractivity contribution in [2.45, 2.75) is 13.3 Å². The molecule has 122 valence electrons. The highest BCUT2D eigenvalue weighted by Crippen LogP contribution is 2.27. The number of nitrogens with one attached hydrogen (secondary N) is 2. The molecule has 0 saturated heterocycles. The lowest BCUT2D eigenvalue weighted by atomic mass is 10.1. The lowest BCUT2D eigenvalue weighted by Crippen LogP contribution is -2.06. The van der Waals surface area contributed by atoms with E-state index in [1.807, 2.05) is 24.3 Å². The minimum Gasteiger partial charge on any atom is -0.465 e. The predicted octanol–water partition coefficient (Wildman–Crippen LogP) is 3.20. The number of nitrogens with zero attached hydrogens (tertiary/aromatic N) is 1. The third-order valence-corrected chi connectivity index (χ3v) is 4.30. The van der Waals surface area contributed by atoms with Gasteiger partial charge in [0.15, 0.2) is 15.2 Å². The number of anilines is 2. The molecule has 0 saturated carbocycles. The van der Waals surface area contributed by atoms with Gasteiger partial charge >= 0.3 is 5.97 Å². The normalized spacial score (nSPS) is 10.2. The molecule has 8 heteroatoms. The first kappa shape index (κ1) is 17.2. The van der Waals surface area contributed by atoms with E-state index in [2.05, 4.69) is 20.4 Å². The Morgan fingerprint density at radius 1 is 1.30 bits per heavy atom. The maximum atomic E-state index is 11.5. The van der Waals surface area contributed by atoms with Crippen molar-refractivity contribution in [2.75, 3.05) is 24.3 Å². The fraction of sp³-hybridized carbons (Fsp3) is 0.267. The number of rotatable bonds is 6. The zero-order chi connectivity index (χ0) is 16.8. The van der Waals surface area contributed by atoms with Crippen LogP contribution >= 0.6 is 22.9 Å². The van der Waals surface area contributed by atoms with Crippen molar-refractivity contribution < 1.29 is 14.3 Å². The van der Waals surface area contributed by atoms with E-state index < -0.39 is 5.97 Å². The van der Waals surface area contributed by atoms with Crippen LogP contribution in [0.25, 0.3) is 0 Å². The number of halogens is 1. The number of benzene rings is 1. The highest BCUT2D eigenvalue weighted by Gasteiger charge is 2.16. The highest BCUT2D eigenvalue weighted by atomic mass is 35.5. The van der Waals surface area contributed by atoms with Crippen LogP contribution in [-0.4, -0.2) is 30.5 Å². The van der Waals surface area contributed by atoms with Crippen LogP contribution in [-0.2, 0) is 16.0 Å². The summed E-state index contributed by atoms with van der Waals surface area (Å²) in [5, 5.41) is 6.56. The number of esters is 1. The number of amides is 1. The number of hydrogen-bond acceptors (Lipinski definition) is 6. The van der Waals surface area contributed by atoms with Gasteiger partial charge in [0.25, 0.3) is 0 Å². The van der Waals surface area contributed by atoms with Gasteiger partial charge in [0.05, 0.1) is 7.11 Å². The molecule has 23 heavy (non-hydrogen) atoms. The second kappa shape index (κ2) is 7.94. The van der Waals surface area contributed by atoms with Crippen LogP contribution < -0.4 is 10.6 Å². The Bertz CT molecular complexity index is 700. The van der Waals surface area contributed by atoms with Crippen molar-refractivity contribution in [3.8, 4) is 0 Å². The Labute approximate surface area is 142 Å². The van der Waals surface area contributed by atoms with E-state index in [1.165, 1.54) is 14.0 Å². The third-order valence-electron chi connectivity index (χ3n) is 2.92. The lowest BCUT2D eigenvalue weighted by molar-refractivity contribution is -0.114. The standard InChI is InChI=1S/C15H16ClN3O3S/c1-9(20)18-11-5-3-10(4-6-11)7-8-17-15-19-13(16)12(23-15)14(21)22-2/h3-6H,7-8H2,1-2H3,(H,17,19)(H,18,20). The van der Waals surface area contributed by atoms with Crippen LogP contribution in [0, 0.1) is 0 Å². The van der Waals surface area contributed by atoms with E-state index in [0.29, 0.717) is 11.7 Å². The van der Waals surface area contributed by atoms with Gasteiger partial charge in [-0.3, -0.25) is 4.79 Å². The van der Waals surface area contributed by atoms with Crippen molar-refractivity contribution in [2.24, 2.45) is 0 Å². The molecule has 2 rings (SSSR count). The summed E-state index contributed by atoms with van der Waals surface area (Å²) in [6.45, 7) is 2.11. The molecule has 1 amide bonds. The Morgan fingerprint density at radius 2 is 2.00 bits per heavy atom. The molecule has 0 aliphatic rings. The van der Waals surface area contributed by atoms with E-state index >= 15 is 0 Å². The molecule has 0 atom stereocenters. The number of hydrogen-bond donors (Lipinski definition) is 2. The number of ether oxygens (including phenoxy) is 1. The summed E-state index contributed by atoms with van der Waals surface area (Å²) in [4.78, 5) is 26.8. The number of carbonyl (C=O) groups is 2. The molecule has 0 fully saturated rings. The first-order chi connectivity index (χ1) is 11.0. The summed E-state index contributed by atoms with van der Waals surface area (Å²) in [7, 11) is 1.30. The molecule has 2 N–H and O–H groups in total. The molecule has 0 radical (unpaired) electrons. The van der Waals surface area contributed by atoms with E-state index in [4.69, 9.17) is 11.6 Å². The van der Waals surface area contributed by atoms with Crippen LogP contribution in [0.1, 0.15) is 22.2 Å². The molecule has 0 bridgehead atoms. The Kier molecular flexibility index (Phi) is 5.95. The van der Waals surface area contributed by atoms with Gasteiger partial charge in [-0.25, -0.2) is 9.78 Å². The fourth-order valence-corrected chi connectivity index (χ4v) is 3.00. The second-order valence-corrected chi connectivity index (χ2v) is 6.04. The number of carbonyl (C=O) groups excluding carboxylic acids is 2. The molecular formula is C15H16ClN3O3S. The minimum atomic E-state index is -0.492. The molecule has 0 aliphatic carbocycles. The average molecular weight is 354 g/mol. The van der Waals surface area contributed by atoms with Gasteiger partial charge in [-0.15, -0.1) is 0 Å². The topological polar surface area (TPSA) is 80.3 Å². The Hall–Kier alpha value is -2.12. The van der Waals surface area contributed by atoms with Gasteiger partial charge in [-0.1, -0.05) is 35.1 Å². The van der Waals surface area contributed by atoms with Crippen molar-refractivity contribution >= 4 is 45.6 Å². The Balaban J connectivity index is 1.87. The Morgan fingerprint density at radius 3 is 2.61 bits per heavy atom. The van der Waals surface area contributed by atoms with Crippen molar-refractivity contribution in [3.05, 3.63) is 39.9 Å². The molecular weight excluding hydrogens is 338 g/mol. The molecule has 0 spiro atoms. The maximum absolute atomic E-state index is 11.5. The van der Waals surface area contributed by atoms with E-state index in [-0.39, 0.29) is 15.9 Å². The molecule has 6 nitrogen and oxygen atoms in total. The van der Waals surface area contributed by atoms with Gasteiger partial charge in [-0.2, -0.15) is 0 Å². The SMILES string of the molecule is COC(=O)c1sc(NCCc2ccc(NC(C)=O)cc2)nc1Cl. The molecule has 1 heterocycles. The zero-order valence-electron chi connectivity index (χ0n) is 12.7. The fourth-order valence-electron chi connectivity index (χ4n) is 1.87. The third kappa shape index (κ3) is 4.94. The minimum absolute atomic E-state index is 0.0959. The molecule has 1 aromatic carbocycles. The quantitative estimate of drug-likeness (QED) is 0.779. The predicted molar refractivity (Wildman–Crippen MR) is 91.4 cm³/mol. The number of aromatic nitrogens is 1. The van der Waals surface area contributed by atoms with Crippen LogP contribution in [0.3, 0.4) is 0 Å². The summed E-state index contributed by atoms with van der Waals surface area (Å²) in [6, 6.07) is 7.60. The summed E-state index contributed by atoms with van der Waals surface area (Å²) in [5.41, 5.74) is 1.88. The van der Waals surface area contributed by atoms with Crippen molar-refractivity contribution in [1.29, 1.82) is 0 Å². The molecule has 1 aromatic heterocycles. The summed E-state index contributed by atoms with van der Waals surface area (Å²) >= 11 is 7.06. The van der Waals surface area contributed by atoms with Crippen LogP contribution in [0.2, 0.25) is 5.15 Å². The smallest absolute Gasteiger partial charge is 0.351 e. The highest BCUT2D eigenvalue weighted by molar-refractivity contribution is 7.18. The van der Waals surface area contributed by atoms with Gasteiger partial charge in [0.2, 0.25) is 5.91 Å². The van der Waals surface area contributed by atoms with Crippen LogP contribution in [0.5, 0.6) is 0 Å². The first-order valence-electron chi connectivity index (χ1n) is 6.84. The van der Waals surface area contributed by atoms with E-state index in [1.54, 1.807) is 0 Å². The van der Waals surface area contributed by atoms with Gasteiger partial charge in [0.1, 0.15) is 0 Å². The zero-order valence-corrected chi connectivity index (χ0v) is 14.3. The lowest BCUT2D eigenvalue weighted by Gasteiger charge is -2.05. The van der Waals surface area contributed by atoms with Gasteiger partial charge in [-0.05, 0) is 24.1 Å². The van der Waals surface area contributed by atoms with Crippen LogP contribution in [0.15, 0.2) is 24.3 Å². The van der Waals surface area contributed by atoms with Crippen molar-refractivity contribution in [1.82, 2.24) is 4.98 Å². The number of thiazole rings is 1. The summed E-state index contributed by atoms with van der Waals surface area (Å²) < 4.78 is 4.63. The summed E-state index contributed by atoms with van der Waals surface area (Å²) in [6.07, 6.45) is 0.769. The van der Waals surface area contributed by atoms with E-state index in [0.717, 1.165) is 29.0 Å². The number of methoxy groups -OCH3 is 1. The van der Waals surface area contributed by atoms with Crippen molar-refractivity contribution in [3.63, 3.8) is 0 Å². The maximum Gasteiger partial charge on any atom is 0.351 e. The van der Waals surface area contributed by atoms with Gasteiger partial charge < -0.3 is 15.4 Å². The second-order valence-electron chi connectivity index (χ2n) is 4.69. The first-order valence-corrected chi connectivity index (χ1v) is 8.04. The van der Waals surface area contributed by atoms with Gasteiger partial charge in [0, 0.05) is 19.2 Å². The monoisotopic (exact) mass is 353 g/mol. The largest absolute Gasteiger partial charge is 0.465 e. The molecule has 2 aromatic rings. The molecule has 0 aliphatic heterocycles. The van der Waals surface area contributed by atoms with Crippen LogP contribution in [0.4, 0.5) is 10.8 Å². The average Bonchev–Trinajstić information content (AvgIpc) is 2.88. The van der Waals surface area contributed by atoms with E-state index in [9.17, 15) is 9.59 Å². The molecule has 0 unspecified atom stereocenters. The summed E-state index contributed by atoms with van der Waals surface area (Å²) in [5.74, 6) is -0.587.